The van der Waals surface area contributed by atoms with E-state index >= 15 is 0 Å². The molecule has 0 radical (unpaired) electrons. The van der Waals surface area contributed by atoms with Gasteiger partial charge < -0.3 is 4.90 Å². The highest BCUT2D eigenvalue weighted by molar-refractivity contribution is 7.99. The van der Waals surface area contributed by atoms with E-state index < -0.39 is 0 Å². The van der Waals surface area contributed by atoms with E-state index in [0.29, 0.717) is 10.9 Å². The zero-order valence-electron chi connectivity index (χ0n) is 13.9. The van der Waals surface area contributed by atoms with Crippen molar-refractivity contribution in [3.05, 3.63) is 66.5 Å². The summed E-state index contributed by atoms with van der Waals surface area (Å²) in [7, 11) is 0. The fourth-order valence-electron chi connectivity index (χ4n) is 3.16. The van der Waals surface area contributed by atoms with Crippen molar-refractivity contribution in [1.29, 1.82) is 0 Å². The highest BCUT2D eigenvalue weighted by Crippen LogP contribution is 2.32. The van der Waals surface area contributed by atoms with Gasteiger partial charge in [0.05, 0.1) is 11.4 Å². The number of thioether (sulfide) groups is 1. The van der Waals surface area contributed by atoms with Crippen molar-refractivity contribution >= 4 is 23.4 Å². The average Bonchev–Trinajstić information content (AvgIpc) is 3.24. The highest BCUT2D eigenvalue weighted by atomic mass is 32.2. The SMILES string of the molecule is CC1Cc2ccccc2N1C(=O)CSc1ncn(-c2ccccc2)n1. The quantitative estimate of drug-likeness (QED) is 0.677. The standard InChI is InChI=1S/C19H18N4OS/c1-14-11-15-7-5-6-10-17(15)23(14)18(24)12-25-19-20-13-22(21-19)16-8-3-2-4-9-16/h2-10,13-14H,11-12H2,1H3. The summed E-state index contributed by atoms with van der Waals surface area (Å²) in [6.45, 7) is 2.09. The molecule has 1 aromatic heterocycles. The third kappa shape index (κ3) is 3.17. The predicted octanol–water partition coefficient (Wildman–Crippen LogP) is 3.34. The molecule has 0 spiro atoms. The maximum absolute atomic E-state index is 12.7. The van der Waals surface area contributed by atoms with Crippen molar-refractivity contribution in [1.82, 2.24) is 14.8 Å². The smallest absolute Gasteiger partial charge is 0.237 e. The number of amides is 1. The number of nitrogens with zero attached hydrogens (tertiary/aromatic N) is 4. The molecule has 0 N–H and O–H groups in total. The summed E-state index contributed by atoms with van der Waals surface area (Å²) in [4.78, 5) is 18.9. The normalized spacial score (nSPS) is 16.0. The van der Waals surface area contributed by atoms with Gasteiger partial charge in [-0.15, -0.1) is 5.10 Å². The number of aromatic nitrogens is 3. The molecule has 0 saturated carbocycles. The molecule has 4 rings (SSSR count). The molecule has 25 heavy (non-hydrogen) atoms. The highest BCUT2D eigenvalue weighted by Gasteiger charge is 2.30. The second kappa shape index (κ2) is 6.72. The van der Waals surface area contributed by atoms with E-state index in [1.165, 1.54) is 17.3 Å². The van der Waals surface area contributed by atoms with Crippen LogP contribution in [0.2, 0.25) is 0 Å². The summed E-state index contributed by atoms with van der Waals surface area (Å²) in [5.41, 5.74) is 3.22. The number of carbonyl (C=O) groups excluding carboxylic acids is 1. The first-order valence-electron chi connectivity index (χ1n) is 8.22. The van der Waals surface area contributed by atoms with E-state index in [-0.39, 0.29) is 11.9 Å². The van der Waals surface area contributed by atoms with E-state index in [2.05, 4.69) is 23.1 Å². The number of anilines is 1. The molecule has 0 fully saturated rings. The number of benzene rings is 2. The maximum atomic E-state index is 12.7. The van der Waals surface area contributed by atoms with Gasteiger partial charge in [0.2, 0.25) is 11.1 Å². The zero-order valence-corrected chi connectivity index (χ0v) is 14.7. The van der Waals surface area contributed by atoms with Crippen LogP contribution in [-0.2, 0) is 11.2 Å². The second-order valence-electron chi connectivity index (χ2n) is 6.04. The van der Waals surface area contributed by atoms with Crippen molar-refractivity contribution in [2.24, 2.45) is 0 Å². The van der Waals surface area contributed by atoms with Crippen molar-refractivity contribution < 1.29 is 4.79 Å². The lowest BCUT2D eigenvalue weighted by Crippen LogP contribution is -2.37. The molecule has 1 unspecified atom stereocenters. The fourth-order valence-corrected chi connectivity index (χ4v) is 3.82. The largest absolute Gasteiger partial charge is 0.308 e. The summed E-state index contributed by atoms with van der Waals surface area (Å²) in [6, 6.07) is 18.1. The minimum Gasteiger partial charge on any atom is -0.308 e. The Hall–Kier alpha value is -2.60. The lowest BCUT2D eigenvalue weighted by molar-refractivity contribution is -0.116. The predicted molar refractivity (Wildman–Crippen MR) is 99.2 cm³/mol. The van der Waals surface area contributed by atoms with Crippen molar-refractivity contribution in [2.75, 3.05) is 10.7 Å². The molecular weight excluding hydrogens is 332 g/mol. The minimum absolute atomic E-state index is 0.0958. The zero-order chi connectivity index (χ0) is 17.2. The molecule has 2 aromatic carbocycles. The summed E-state index contributed by atoms with van der Waals surface area (Å²) >= 11 is 1.37. The van der Waals surface area contributed by atoms with Crippen LogP contribution in [0, 0.1) is 0 Å². The Morgan fingerprint density at radius 1 is 1.16 bits per heavy atom. The Balaban J connectivity index is 1.44. The molecule has 126 valence electrons. The van der Waals surface area contributed by atoms with Crippen LogP contribution < -0.4 is 4.90 Å². The van der Waals surface area contributed by atoms with E-state index in [0.717, 1.165) is 17.8 Å². The third-order valence-corrected chi connectivity index (χ3v) is 5.13. The van der Waals surface area contributed by atoms with Crippen LogP contribution in [0.25, 0.3) is 5.69 Å². The first-order chi connectivity index (χ1) is 12.2. The van der Waals surface area contributed by atoms with Gasteiger partial charge in [0.25, 0.3) is 0 Å². The van der Waals surface area contributed by atoms with Gasteiger partial charge in [-0.2, -0.15) is 0 Å². The van der Waals surface area contributed by atoms with Gasteiger partial charge >= 0.3 is 0 Å². The Morgan fingerprint density at radius 2 is 1.92 bits per heavy atom. The monoisotopic (exact) mass is 350 g/mol. The van der Waals surface area contributed by atoms with Crippen molar-refractivity contribution in [3.63, 3.8) is 0 Å². The molecule has 2 heterocycles. The van der Waals surface area contributed by atoms with Gasteiger partial charge in [-0.05, 0) is 37.1 Å². The number of fused-ring (bicyclic) bond motifs is 1. The van der Waals surface area contributed by atoms with E-state index in [1.54, 1.807) is 11.0 Å². The minimum atomic E-state index is 0.0958. The molecule has 0 aliphatic carbocycles. The number of rotatable bonds is 4. The number of hydrogen-bond acceptors (Lipinski definition) is 4. The maximum Gasteiger partial charge on any atom is 0.237 e. The first kappa shape index (κ1) is 15.9. The van der Waals surface area contributed by atoms with Gasteiger partial charge in [0.1, 0.15) is 6.33 Å². The molecule has 1 aliphatic heterocycles. The lowest BCUT2D eigenvalue weighted by atomic mass is 10.1. The summed E-state index contributed by atoms with van der Waals surface area (Å²) in [5, 5.41) is 5.05. The van der Waals surface area contributed by atoms with Crippen molar-refractivity contribution in [3.8, 4) is 5.69 Å². The number of para-hydroxylation sites is 2. The van der Waals surface area contributed by atoms with Crippen LogP contribution in [0.3, 0.4) is 0 Å². The Kier molecular flexibility index (Phi) is 4.28. The molecule has 1 atom stereocenters. The molecule has 1 aliphatic rings. The Morgan fingerprint density at radius 3 is 2.76 bits per heavy atom. The van der Waals surface area contributed by atoms with Crippen LogP contribution in [0.1, 0.15) is 12.5 Å². The third-order valence-electron chi connectivity index (χ3n) is 4.29. The molecule has 3 aromatic rings. The summed E-state index contributed by atoms with van der Waals surface area (Å²) in [5.74, 6) is 0.427. The molecule has 0 saturated heterocycles. The van der Waals surface area contributed by atoms with E-state index in [9.17, 15) is 4.79 Å². The molecule has 1 amide bonds. The van der Waals surface area contributed by atoms with Crippen molar-refractivity contribution in [2.45, 2.75) is 24.5 Å². The van der Waals surface area contributed by atoms with Gasteiger partial charge in [0.15, 0.2) is 0 Å². The van der Waals surface area contributed by atoms with Gasteiger partial charge in [-0.1, -0.05) is 48.2 Å². The first-order valence-corrected chi connectivity index (χ1v) is 9.21. The van der Waals surface area contributed by atoms with Gasteiger partial charge in [-0.25, -0.2) is 9.67 Å². The van der Waals surface area contributed by atoms with Crippen LogP contribution in [0.15, 0.2) is 66.1 Å². The Labute approximate surface area is 150 Å². The topological polar surface area (TPSA) is 51.0 Å². The number of hydrogen-bond donors (Lipinski definition) is 0. The molecule has 5 nitrogen and oxygen atoms in total. The van der Waals surface area contributed by atoms with Crippen LogP contribution in [0.5, 0.6) is 0 Å². The summed E-state index contributed by atoms with van der Waals surface area (Å²) in [6.07, 6.45) is 2.59. The second-order valence-corrected chi connectivity index (χ2v) is 6.98. The van der Waals surface area contributed by atoms with E-state index in [1.807, 2.05) is 53.4 Å². The Bertz CT molecular complexity index is 893. The average molecular weight is 350 g/mol. The van der Waals surface area contributed by atoms with E-state index in [4.69, 9.17) is 0 Å². The molecular formula is C19H18N4OS. The fraction of sp³-hybridized carbons (Fsp3) is 0.211. The lowest BCUT2D eigenvalue weighted by Gasteiger charge is -2.22. The van der Waals surface area contributed by atoms with Crippen LogP contribution in [0.4, 0.5) is 5.69 Å². The van der Waals surface area contributed by atoms with Gasteiger partial charge in [-0.3, -0.25) is 4.79 Å². The summed E-state index contributed by atoms with van der Waals surface area (Å²) < 4.78 is 1.72. The molecule has 6 heteroatoms. The van der Waals surface area contributed by atoms with Crippen LogP contribution >= 0.6 is 11.8 Å². The number of carbonyl (C=O) groups is 1. The molecule has 0 bridgehead atoms. The van der Waals surface area contributed by atoms with Crippen LogP contribution in [-0.4, -0.2) is 32.5 Å². The van der Waals surface area contributed by atoms with Gasteiger partial charge in [0, 0.05) is 11.7 Å².